The number of fused-ring (bicyclic) bond motifs is 1. The second-order valence-corrected chi connectivity index (χ2v) is 7.93. The molecule has 1 saturated heterocycles. The molecule has 4 heterocycles. The molecule has 2 amide bonds. The van der Waals surface area contributed by atoms with Crippen LogP contribution in [0.1, 0.15) is 30.1 Å². The van der Waals surface area contributed by atoms with Gasteiger partial charge >= 0.3 is 6.18 Å². The number of hydrogen-bond acceptors (Lipinski definition) is 6. The van der Waals surface area contributed by atoms with E-state index in [2.05, 4.69) is 9.97 Å². The smallest absolute Gasteiger partial charge is 0.391 e. The van der Waals surface area contributed by atoms with Crippen LogP contribution in [0.2, 0.25) is 0 Å². The van der Waals surface area contributed by atoms with E-state index in [4.69, 9.17) is 0 Å². The molecule has 2 atom stereocenters. The monoisotopic (exact) mass is 493 g/mol. The SMILES string of the molecule is CCC(NC(=O)c1cn(-c2ncccc2F)c2nc(N3CC(O)CC3=O)ccc2c1=O)C(F)(F)F. The molecule has 1 aliphatic rings. The molecule has 0 bridgehead atoms. The van der Waals surface area contributed by atoms with Gasteiger partial charge in [0.25, 0.3) is 5.91 Å². The molecule has 0 spiro atoms. The average molecular weight is 493 g/mol. The highest BCUT2D eigenvalue weighted by molar-refractivity contribution is 5.99. The molecule has 9 nitrogen and oxygen atoms in total. The third kappa shape index (κ3) is 4.58. The van der Waals surface area contributed by atoms with Gasteiger partial charge in [0.1, 0.15) is 17.4 Å². The fraction of sp³-hybridized carbons (Fsp3) is 0.318. The van der Waals surface area contributed by atoms with E-state index in [0.717, 1.165) is 16.8 Å². The molecule has 1 aliphatic heterocycles. The normalized spacial score (nSPS) is 17.1. The Morgan fingerprint density at radius 3 is 2.63 bits per heavy atom. The molecule has 0 radical (unpaired) electrons. The predicted octanol–water partition coefficient (Wildman–Crippen LogP) is 2.09. The lowest BCUT2D eigenvalue weighted by molar-refractivity contribution is -0.153. The van der Waals surface area contributed by atoms with E-state index in [1.54, 1.807) is 5.32 Å². The Morgan fingerprint density at radius 1 is 1.29 bits per heavy atom. The van der Waals surface area contributed by atoms with E-state index in [9.17, 15) is 37.1 Å². The van der Waals surface area contributed by atoms with Crippen molar-refractivity contribution < 1.29 is 32.3 Å². The van der Waals surface area contributed by atoms with E-state index in [1.807, 2.05) is 0 Å². The predicted molar refractivity (Wildman–Crippen MR) is 116 cm³/mol. The zero-order valence-electron chi connectivity index (χ0n) is 18.2. The van der Waals surface area contributed by atoms with Gasteiger partial charge in [-0.1, -0.05) is 6.92 Å². The molecule has 0 aliphatic carbocycles. The van der Waals surface area contributed by atoms with Gasteiger partial charge in [0.2, 0.25) is 11.3 Å². The van der Waals surface area contributed by atoms with Gasteiger partial charge in [-0.15, -0.1) is 0 Å². The second-order valence-electron chi connectivity index (χ2n) is 7.93. The van der Waals surface area contributed by atoms with Crippen LogP contribution in [0.3, 0.4) is 0 Å². The first-order valence-corrected chi connectivity index (χ1v) is 10.5. The molecule has 0 aromatic carbocycles. The lowest BCUT2D eigenvalue weighted by Crippen LogP contribution is -2.46. The Labute approximate surface area is 195 Å². The summed E-state index contributed by atoms with van der Waals surface area (Å²) < 4.78 is 55.1. The number of alkyl halides is 3. The largest absolute Gasteiger partial charge is 0.408 e. The third-order valence-electron chi connectivity index (χ3n) is 5.54. The van der Waals surface area contributed by atoms with Crippen LogP contribution in [0.4, 0.5) is 23.4 Å². The molecule has 184 valence electrons. The summed E-state index contributed by atoms with van der Waals surface area (Å²) in [5.41, 5.74) is -1.79. The Kier molecular flexibility index (Phi) is 6.28. The Hall–Kier alpha value is -3.87. The van der Waals surface area contributed by atoms with Crippen LogP contribution in [0.15, 0.2) is 41.5 Å². The van der Waals surface area contributed by atoms with Gasteiger partial charge in [-0.25, -0.2) is 14.4 Å². The lowest BCUT2D eigenvalue weighted by atomic mass is 10.1. The minimum Gasteiger partial charge on any atom is -0.391 e. The van der Waals surface area contributed by atoms with Gasteiger partial charge in [0, 0.05) is 12.4 Å². The lowest BCUT2D eigenvalue weighted by Gasteiger charge is -2.21. The van der Waals surface area contributed by atoms with Crippen molar-refractivity contribution in [2.45, 2.75) is 38.1 Å². The van der Waals surface area contributed by atoms with E-state index in [-0.39, 0.29) is 35.6 Å². The number of halogens is 4. The molecule has 3 aromatic rings. The molecule has 3 aromatic heterocycles. The van der Waals surface area contributed by atoms with Gasteiger partial charge < -0.3 is 10.4 Å². The van der Waals surface area contributed by atoms with Crippen LogP contribution in [-0.2, 0) is 4.79 Å². The van der Waals surface area contributed by atoms with Gasteiger partial charge in [-0.3, -0.25) is 23.9 Å². The molecular weight excluding hydrogens is 474 g/mol. The Bertz CT molecular complexity index is 1370. The Morgan fingerprint density at radius 2 is 2.03 bits per heavy atom. The molecule has 1 fully saturated rings. The molecule has 0 saturated carbocycles. The van der Waals surface area contributed by atoms with E-state index in [1.165, 1.54) is 36.2 Å². The highest BCUT2D eigenvalue weighted by atomic mass is 19.4. The maximum absolute atomic E-state index is 14.6. The minimum absolute atomic E-state index is 0.0458. The van der Waals surface area contributed by atoms with Gasteiger partial charge in [0.05, 0.1) is 24.5 Å². The second kappa shape index (κ2) is 9.06. The topological polar surface area (TPSA) is 117 Å². The molecule has 4 rings (SSSR count). The standard InChI is InChI=1S/C22H19F4N5O4/c1-2-15(22(24,25)26)28-21(35)13-10-31(20-14(23)4-3-7-27-20)19-12(18(13)34)5-6-16(29-19)30-9-11(32)8-17(30)33/h3-7,10-11,15,32H,2,8-9H2,1H3,(H,28,35). The molecular formula is C22H19F4N5O4. The number of aliphatic hydroxyl groups is 1. The number of amides is 2. The van der Waals surface area contributed by atoms with Crippen LogP contribution < -0.4 is 15.6 Å². The van der Waals surface area contributed by atoms with E-state index in [0.29, 0.717) is 0 Å². The Balaban J connectivity index is 1.91. The first-order valence-electron chi connectivity index (χ1n) is 10.5. The fourth-order valence-corrected chi connectivity index (χ4v) is 3.78. The summed E-state index contributed by atoms with van der Waals surface area (Å²) in [6.45, 7) is 1.18. The number of pyridine rings is 3. The summed E-state index contributed by atoms with van der Waals surface area (Å²) >= 11 is 0. The van der Waals surface area contributed by atoms with Gasteiger partial charge in [0.15, 0.2) is 17.3 Å². The van der Waals surface area contributed by atoms with Crippen LogP contribution in [-0.4, -0.2) is 56.3 Å². The zero-order valence-corrected chi connectivity index (χ0v) is 18.2. The molecule has 35 heavy (non-hydrogen) atoms. The summed E-state index contributed by atoms with van der Waals surface area (Å²) in [5.74, 6) is -2.88. The third-order valence-corrected chi connectivity index (χ3v) is 5.54. The number of aliphatic hydroxyl groups excluding tert-OH is 1. The maximum atomic E-state index is 14.6. The van der Waals surface area contributed by atoms with E-state index < -0.39 is 53.4 Å². The van der Waals surface area contributed by atoms with Crippen LogP contribution in [0.25, 0.3) is 16.9 Å². The number of aromatic nitrogens is 3. The first-order chi connectivity index (χ1) is 16.5. The van der Waals surface area contributed by atoms with E-state index >= 15 is 0 Å². The number of nitrogens with one attached hydrogen (secondary N) is 1. The van der Waals surface area contributed by atoms with Gasteiger partial charge in [-0.05, 0) is 30.7 Å². The number of rotatable bonds is 5. The quantitative estimate of drug-likeness (QED) is 0.526. The van der Waals surface area contributed by atoms with Gasteiger partial charge in [-0.2, -0.15) is 13.2 Å². The maximum Gasteiger partial charge on any atom is 0.408 e. The minimum atomic E-state index is -4.74. The van der Waals surface area contributed by atoms with Crippen molar-refractivity contribution in [3.05, 3.63) is 58.3 Å². The van der Waals surface area contributed by atoms with Crippen molar-refractivity contribution >= 4 is 28.7 Å². The average Bonchev–Trinajstić information content (AvgIpc) is 3.15. The molecule has 2 N–H and O–H groups in total. The fourth-order valence-electron chi connectivity index (χ4n) is 3.78. The number of hydrogen-bond donors (Lipinski definition) is 2. The summed E-state index contributed by atoms with van der Waals surface area (Å²) in [6.07, 6.45) is -4.14. The summed E-state index contributed by atoms with van der Waals surface area (Å²) in [7, 11) is 0. The highest BCUT2D eigenvalue weighted by Crippen LogP contribution is 2.25. The van der Waals surface area contributed by atoms with Crippen molar-refractivity contribution in [1.82, 2.24) is 19.9 Å². The van der Waals surface area contributed by atoms with Crippen molar-refractivity contribution in [3.8, 4) is 5.82 Å². The van der Waals surface area contributed by atoms with Crippen LogP contribution >= 0.6 is 0 Å². The van der Waals surface area contributed by atoms with Crippen molar-refractivity contribution in [2.24, 2.45) is 0 Å². The summed E-state index contributed by atoms with van der Waals surface area (Å²) in [5, 5.41) is 11.4. The van der Waals surface area contributed by atoms with Crippen LogP contribution in [0.5, 0.6) is 0 Å². The molecule has 13 heteroatoms. The first kappa shape index (κ1) is 24.3. The molecule has 2 unspecified atom stereocenters. The number of β-amino-alcohol motifs (C(OH)–C–C–N with tert-alkyl or cyclic N) is 1. The van der Waals surface area contributed by atoms with Crippen molar-refractivity contribution in [1.29, 1.82) is 0 Å². The van der Waals surface area contributed by atoms with Crippen molar-refractivity contribution in [2.75, 3.05) is 11.4 Å². The number of nitrogens with zero attached hydrogens (tertiary/aromatic N) is 4. The number of carbonyl (C=O) groups excluding carboxylic acids is 2. The number of anilines is 1. The van der Waals surface area contributed by atoms with Crippen LogP contribution in [0, 0.1) is 5.82 Å². The number of carbonyl (C=O) groups is 2. The van der Waals surface area contributed by atoms with Crippen molar-refractivity contribution in [3.63, 3.8) is 0 Å². The summed E-state index contributed by atoms with van der Waals surface area (Å²) in [6, 6.07) is 2.69. The summed E-state index contributed by atoms with van der Waals surface area (Å²) in [4.78, 5) is 47.4. The zero-order chi connectivity index (χ0) is 25.5. The highest BCUT2D eigenvalue weighted by Gasteiger charge is 2.40.